The number of para-hydroxylation sites is 5. The summed E-state index contributed by atoms with van der Waals surface area (Å²) in [5.74, 6) is 0.892. The lowest BCUT2D eigenvalue weighted by Gasteiger charge is -2.09. The summed E-state index contributed by atoms with van der Waals surface area (Å²) >= 11 is 0. The van der Waals surface area contributed by atoms with Crippen LogP contribution in [0.5, 0.6) is 0 Å². The van der Waals surface area contributed by atoms with Gasteiger partial charge in [-0.1, -0.05) is 109 Å². The van der Waals surface area contributed by atoms with Crippen LogP contribution in [0, 0.1) is 0 Å². The summed E-state index contributed by atoms with van der Waals surface area (Å²) in [5, 5.41) is 3.69. The van der Waals surface area contributed by atoms with Crippen molar-refractivity contribution in [1.82, 2.24) is 23.1 Å². The van der Waals surface area contributed by atoms with E-state index in [4.69, 9.17) is 4.98 Å². The zero-order valence-corrected chi connectivity index (χ0v) is 27.0. The monoisotopic (exact) mass is 639 g/mol. The zero-order chi connectivity index (χ0) is 32.8. The van der Waals surface area contributed by atoms with Gasteiger partial charge in [-0.25, -0.2) is 4.98 Å². The van der Waals surface area contributed by atoms with Gasteiger partial charge in [0.25, 0.3) is 0 Å². The van der Waals surface area contributed by atoms with Crippen LogP contribution in [-0.2, 0) is 0 Å². The smallest absolute Gasteiger partial charge is 0.221 e. The van der Waals surface area contributed by atoms with Crippen LogP contribution in [0.3, 0.4) is 0 Å². The fourth-order valence-corrected chi connectivity index (χ4v) is 8.01. The first-order chi connectivity index (χ1) is 24.8. The fourth-order valence-electron chi connectivity index (χ4n) is 8.01. The first kappa shape index (κ1) is 27.1. The predicted octanol–water partition coefficient (Wildman–Crippen LogP) is 11.1. The Kier molecular flexibility index (Phi) is 5.60. The molecular formula is C45H29N5. The van der Waals surface area contributed by atoms with Gasteiger partial charge in [0.15, 0.2) is 5.65 Å². The van der Waals surface area contributed by atoms with Crippen molar-refractivity contribution in [3.05, 3.63) is 176 Å². The van der Waals surface area contributed by atoms with Crippen LogP contribution in [0.1, 0.15) is 0 Å². The number of nitrogens with zero attached hydrogens (tertiary/aromatic N) is 5. The Morgan fingerprint density at radius 1 is 0.360 bits per heavy atom. The summed E-state index contributed by atoms with van der Waals surface area (Å²) in [7, 11) is 0. The SMILES string of the molecule is c1ccc(-n2c3ccccc3c3ccc(-c4ccc5c(c4)nc4n(-c6ccccc6)c6c7ccccc7n(-c7ccccc7)c6n54)cc32)cc1. The average Bonchev–Trinajstić information content (AvgIpc) is 3.90. The summed E-state index contributed by atoms with van der Waals surface area (Å²) in [6.07, 6.45) is 0. The molecule has 0 aliphatic rings. The van der Waals surface area contributed by atoms with E-state index in [-0.39, 0.29) is 0 Å². The Labute approximate surface area is 287 Å². The molecule has 11 aromatic rings. The Hall–Kier alpha value is -6.85. The molecule has 0 fully saturated rings. The minimum absolute atomic E-state index is 0.892. The molecule has 0 bridgehead atoms. The molecule has 0 atom stereocenters. The van der Waals surface area contributed by atoms with Gasteiger partial charge >= 0.3 is 0 Å². The van der Waals surface area contributed by atoms with Crippen molar-refractivity contribution in [2.45, 2.75) is 0 Å². The molecule has 0 amide bonds. The number of hydrogen-bond acceptors (Lipinski definition) is 1. The van der Waals surface area contributed by atoms with Crippen molar-refractivity contribution in [2.24, 2.45) is 0 Å². The Morgan fingerprint density at radius 2 is 0.880 bits per heavy atom. The van der Waals surface area contributed by atoms with Gasteiger partial charge in [-0.05, 0) is 77.9 Å². The quantitative estimate of drug-likeness (QED) is 0.189. The molecule has 4 aromatic heterocycles. The third kappa shape index (κ3) is 3.74. The van der Waals surface area contributed by atoms with Gasteiger partial charge in [0, 0.05) is 33.2 Å². The Bertz CT molecular complexity index is 3070. The largest absolute Gasteiger partial charge is 0.309 e. The van der Waals surface area contributed by atoms with Gasteiger partial charge in [-0.3, -0.25) is 13.5 Å². The molecular weight excluding hydrogens is 611 g/mol. The standard InChI is InChI=1S/C45H29N5/c1-4-14-32(15-5-1)47-39-22-12-10-20-35(39)36-26-24-31(29-42(36)47)30-25-27-41-38(28-30)46-45-49(34-18-8-3-9-19-34)43-37-21-11-13-23-40(37)48(44(43)50(41)45)33-16-6-2-7-17-33/h1-29H. The van der Waals surface area contributed by atoms with E-state index >= 15 is 0 Å². The molecule has 7 aromatic carbocycles. The highest BCUT2D eigenvalue weighted by molar-refractivity contribution is 6.11. The second-order valence-corrected chi connectivity index (χ2v) is 12.9. The highest BCUT2D eigenvalue weighted by atomic mass is 15.3. The summed E-state index contributed by atoms with van der Waals surface area (Å²) in [6, 6.07) is 62.8. The first-order valence-corrected chi connectivity index (χ1v) is 17.0. The molecule has 0 unspecified atom stereocenters. The van der Waals surface area contributed by atoms with Gasteiger partial charge in [-0.2, -0.15) is 0 Å². The lowest BCUT2D eigenvalue weighted by atomic mass is 10.0. The van der Waals surface area contributed by atoms with E-state index in [0.29, 0.717) is 0 Å². The number of hydrogen-bond donors (Lipinski definition) is 0. The summed E-state index contributed by atoms with van der Waals surface area (Å²) in [4.78, 5) is 5.40. The molecule has 0 spiro atoms. The summed E-state index contributed by atoms with van der Waals surface area (Å²) in [5.41, 5.74) is 13.5. The van der Waals surface area contributed by atoms with Crippen molar-refractivity contribution in [3.8, 4) is 28.2 Å². The van der Waals surface area contributed by atoms with E-state index in [1.165, 1.54) is 27.2 Å². The van der Waals surface area contributed by atoms with Crippen molar-refractivity contribution < 1.29 is 0 Å². The van der Waals surface area contributed by atoms with Crippen LogP contribution in [-0.4, -0.2) is 23.1 Å². The third-order valence-electron chi connectivity index (χ3n) is 10.1. The van der Waals surface area contributed by atoms with Crippen molar-refractivity contribution in [1.29, 1.82) is 0 Å². The molecule has 0 radical (unpaired) electrons. The third-order valence-corrected chi connectivity index (χ3v) is 10.1. The number of benzene rings is 7. The van der Waals surface area contributed by atoms with Gasteiger partial charge < -0.3 is 4.57 Å². The molecule has 5 nitrogen and oxygen atoms in total. The molecule has 0 N–H and O–H groups in total. The van der Waals surface area contributed by atoms with E-state index in [0.717, 1.165) is 61.7 Å². The highest BCUT2D eigenvalue weighted by Gasteiger charge is 2.25. The van der Waals surface area contributed by atoms with E-state index in [1.54, 1.807) is 0 Å². The maximum atomic E-state index is 5.40. The van der Waals surface area contributed by atoms with Crippen molar-refractivity contribution in [3.63, 3.8) is 0 Å². The second-order valence-electron chi connectivity index (χ2n) is 12.9. The molecule has 5 heteroatoms. The van der Waals surface area contributed by atoms with E-state index in [1.807, 2.05) is 0 Å². The Balaban J connectivity index is 1.20. The maximum Gasteiger partial charge on any atom is 0.221 e. The van der Waals surface area contributed by atoms with Crippen molar-refractivity contribution in [2.75, 3.05) is 0 Å². The molecule has 11 rings (SSSR count). The first-order valence-electron chi connectivity index (χ1n) is 17.0. The lowest BCUT2D eigenvalue weighted by molar-refractivity contribution is 1.09. The number of aromatic nitrogens is 5. The number of rotatable bonds is 4. The van der Waals surface area contributed by atoms with Crippen LogP contribution >= 0.6 is 0 Å². The van der Waals surface area contributed by atoms with E-state index in [9.17, 15) is 0 Å². The minimum Gasteiger partial charge on any atom is -0.309 e. The van der Waals surface area contributed by atoms with Gasteiger partial charge in [0.05, 0.1) is 27.6 Å². The predicted molar refractivity (Wildman–Crippen MR) is 206 cm³/mol. The van der Waals surface area contributed by atoms with Gasteiger partial charge in [0.1, 0.15) is 5.52 Å². The van der Waals surface area contributed by atoms with Crippen LogP contribution in [0.25, 0.3) is 88.9 Å². The van der Waals surface area contributed by atoms with Crippen LogP contribution in [0.2, 0.25) is 0 Å². The van der Waals surface area contributed by atoms with Crippen molar-refractivity contribution >= 4 is 60.7 Å². The van der Waals surface area contributed by atoms with Crippen LogP contribution in [0.15, 0.2) is 176 Å². The lowest BCUT2D eigenvalue weighted by Crippen LogP contribution is -1.97. The van der Waals surface area contributed by atoms with Gasteiger partial charge in [-0.15, -0.1) is 0 Å². The van der Waals surface area contributed by atoms with E-state index in [2.05, 4.69) is 194 Å². The molecule has 0 saturated heterocycles. The van der Waals surface area contributed by atoms with Gasteiger partial charge in [0.2, 0.25) is 5.78 Å². The second kappa shape index (κ2) is 10.3. The average molecular weight is 640 g/mol. The molecule has 234 valence electrons. The van der Waals surface area contributed by atoms with E-state index < -0.39 is 0 Å². The minimum atomic E-state index is 0.892. The molecule has 0 saturated carbocycles. The zero-order valence-electron chi connectivity index (χ0n) is 27.0. The Morgan fingerprint density at radius 3 is 1.58 bits per heavy atom. The maximum absolute atomic E-state index is 5.40. The van der Waals surface area contributed by atoms with Crippen LogP contribution in [0.4, 0.5) is 0 Å². The topological polar surface area (TPSA) is 32.1 Å². The number of fused-ring (bicyclic) bond motifs is 10. The molecule has 0 aliphatic carbocycles. The molecule has 4 heterocycles. The normalized spacial score (nSPS) is 12.0. The number of imidazole rings is 2. The molecule has 0 aliphatic heterocycles. The summed E-state index contributed by atoms with van der Waals surface area (Å²) in [6.45, 7) is 0. The van der Waals surface area contributed by atoms with Crippen LogP contribution < -0.4 is 0 Å². The summed E-state index contributed by atoms with van der Waals surface area (Å²) < 4.78 is 9.41. The fraction of sp³-hybridized carbons (Fsp3) is 0. The molecule has 50 heavy (non-hydrogen) atoms. The highest BCUT2D eigenvalue weighted by Crippen LogP contribution is 2.40.